The Labute approximate surface area is 160 Å². The first-order valence-electron chi connectivity index (χ1n) is 10.4. The van der Waals surface area contributed by atoms with Crippen molar-refractivity contribution in [2.75, 3.05) is 0 Å². The minimum absolute atomic E-state index is 0.0577. The molecule has 0 fully saturated rings. The second-order valence-electron chi connectivity index (χ2n) is 7.29. The molecule has 0 bridgehead atoms. The molecule has 0 saturated heterocycles. The molecule has 3 heterocycles. The van der Waals surface area contributed by atoms with Crippen LogP contribution in [-0.4, -0.2) is 9.97 Å². The van der Waals surface area contributed by atoms with Crippen LogP contribution in [0.2, 0.25) is 0 Å². The number of hydrogen-bond donors (Lipinski definition) is 0. The zero-order valence-electron chi connectivity index (χ0n) is 18.6. The Balaban J connectivity index is 1.87. The SMILES string of the molecule is [2H]c1nc(-c2cccc3c2oc2ccc4nc(C(C)(C)C)sc4c23)c([2H])c([2H])c1[2H]. The Morgan fingerprint density at radius 3 is 2.85 bits per heavy atom. The summed E-state index contributed by atoms with van der Waals surface area (Å²) in [5.41, 5.74) is 2.87. The van der Waals surface area contributed by atoms with Crippen LogP contribution in [0, 0.1) is 0 Å². The van der Waals surface area contributed by atoms with Gasteiger partial charge < -0.3 is 4.42 Å². The van der Waals surface area contributed by atoms with Gasteiger partial charge in [0.25, 0.3) is 0 Å². The van der Waals surface area contributed by atoms with Crippen LogP contribution in [0.4, 0.5) is 0 Å². The van der Waals surface area contributed by atoms with Gasteiger partial charge in [0.1, 0.15) is 11.2 Å². The maximum atomic E-state index is 8.28. The van der Waals surface area contributed by atoms with E-state index in [0.717, 1.165) is 31.6 Å². The molecular weight excluding hydrogens is 340 g/mol. The van der Waals surface area contributed by atoms with Crippen LogP contribution in [0.25, 0.3) is 43.4 Å². The van der Waals surface area contributed by atoms with E-state index in [4.69, 9.17) is 14.9 Å². The third kappa shape index (κ3) is 2.26. The molecule has 3 aromatic heterocycles. The molecule has 0 N–H and O–H groups in total. The molecule has 0 atom stereocenters. The van der Waals surface area contributed by atoms with Gasteiger partial charge in [0.2, 0.25) is 0 Å². The standard InChI is InChI=1S/C22H18N2OS/c1-22(2,3)21-24-16-10-11-17-18(20(16)26-21)14-8-6-7-13(19(14)25-17)15-9-4-5-12-23-15/h4-12H,1-3H3/i4D,5D,9D,12D. The highest BCUT2D eigenvalue weighted by Crippen LogP contribution is 2.42. The third-order valence-electron chi connectivity index (χ3n) is 4.38. The maximum Gasteiger partial charge on any atom is 0.144 e. The zero-order chi connectivity index (χ0) is 21.4. The van der Waals surface area contributed by atoms with Crippen molar-refractivity contribution in [3.8, 4) is 11.3 Å². The summed E-state index contributed by atoms with van der Waals surface area (Å²) in [4.78, 5) is 8.94. The van der Waals surface area contributed by atoms with Crippen molar-refractivity contribution >= 4 is 43.5 Å². The van der Waals surface area contributed by atoms with Gasteiger partial charge in [-0.05, 0) is 30.3 Å². The Morgan fingerprint density at radius 1 is 1.12 bits per heavy atom. The first-order valence-corrected chi connectivity index (χ1v) is 9.18. The lowest BCUT2D eigenvalue weighted by molar-refractivity contribution is 0.587. The van der Waals surface area contributed by atoms with Gasteiger partial charge >= 0.3 is 0 Å². The molecular formula is C22H18N2OS. The number of benzene rings is 2. The molecule has 26 heavy (non-hydrogen) atoms. The molecule has 0 aliphatic carbocycles. The number of fused-ring (bicyclic) bond motifs is 5. The molecule has 2 aromatic carbocycles. The lowest BCUT2D eigenvalue weighted by Gasteiger charge is -2.13. The molecule has 5 rings (SSSR count). The Morgan fingerprint density at radius 2 is 2.00 bits per heavy atom. The summed E-state index contributed by atoms with van der Waals surface area (Å²) in [6.45, 7) is 6.42. The number of thiazole rings is 1. The number of aromatic nitrogens is 2. The van der Waals surface area contributed by atoms with Crippen molar-refractivity contribution in [2.45, 2.75) is 26.2 Å². The van der Waals surface area contributed by atoms with Crippen LogP contribution >= 0.6 is 11.3 Å². The minimum atomic E-state index is -0.346. The van der Waals surface area contributed by atoms with Crippen molar-refractivity contribution in [1.29, 1.82) is 0 Å². The van der Waals surface area contributed by atoms with E-state index >= 15 is 0 Å². The number of pyridine rings is 1. The summed E-state index contributed by atoms with van der Waals surface area (Å²) in [6.07, 6.45) is -0.321. The number of rotatable bonds is 1. The zero-order valence-corrected chi connectivity index (χ0v) is 15.4. The topological polar surface area (TPSA) is 38.9 Å². The van der Waals surface area contributed by atoms with E-state index in [-0.39, 0.29) is 35.4 Å². The average Bonchev–Trinajstić information content (AvgIpc) is 3.29. The second kappa shape index (κ2) is 5.39. The van der Waals surface area contributed by atoms with Crippen molar-refractivity contribution in [1.82, 2.24) is 9.97 Å². The van der Waals surface area contributed by atoms with Crippen molar-refractivity contribution in [2.24, 2.45) is 0 Å². The van der Waals surface area contributed by atoms with Crippen LogP contribution < -0.4 is 0 Å². The normalized spacial score (nSPS) is 14.6. The van der Waals surface area contributed by atoms with Crippen LogP contribution in [0.15, 0.2) is 59.0 Å². The van der Waals surface area contributed by atoms with Gasteiger partial charge in [0, 0.05) is 27.9 Å². The summed E-state index contributed by atoms with van der Waals surface area (Å²) in [6, 6.07) is 8.63. The van der Waals surface area contributed by atoms with E-state index in [2.05, 4.69) is 25.8 Å². The lowest BCUT2D eigenvalue weighted by atomic mass is 9.98. The minimum Gasteiger partial charge on any atom is -0.455 e. The fourth-order valence-electron chi connectivity index (χ4n) is 3.13. The van der Waals surface area contributed by atoms with Crippen LogP contribution in [0.5, 0.6) is 0 Å². The molecule has 0 saturated carbocycles. The van der Waals surface area contributed by atoms with Gasteiger partial charge in [-0.2, -0.15) is 0 Å². The second-order valence-corrected chi connectivity index (χ2v) is 8.29. The van der Waals surface area contributed by atoms with Crippen molar-refractivity contribution in [3.05, 3.63) is 59.6 Å². The van der Waals surface area contributed by atoms with Crippen LogP contribution in [0.1, 0.15) is 31.3 Å². The highest BCUT2D eigenvalue weighted by atomic mass is 32.1. The van der Waals surface area contributed by atoms with Gasteiger partial charge in [-0.15, -0.1) is 11.3 Å². The molecule has 0 radical (unpaired) electrons. The summed E-state index contributed by atoms with van der Waals surface area (Å²) in [7, 11) is 0. The van der Waals surface area contributed by atoms with Gasteiger partial charge in [0.05, 0.1) is 26.4 Å². The molecule has 0 amide bonds. The third-order valence-corrected chi connectivity index (χ3v) is 5.89. The highest BCUT2D eigenvalue weighted by molar-refractivity contribution is 7.19. The number of para-hydroxylation sites is 1. The molecule has 0 unspecified atom stereocenters. The summed E-state index contributed by atoms with van der Waals surface area (Å²) in [5, 5.41) is 2.90. The predicted molar refractivity (Wildman–Crippen MR) is 109 cm³/mol. The van der Waals surface area contributed by atoms with E-state index in [1.807, 2.05) is 24.3 Å². The monoisotopic (exact) mass is 362 g/mol. The number of nitrogens with zero attached hydrogens (tertiary/aromatic N) is 2. The van der Waals surface area contributed by atoms with E-state index < -0.39 is 0 Å². The van der Waals surface area contributed by atoms with E-state index in [1.165, 1.54) is 0 Å². The summed E-state index contributed by atoms with van der Waals surface area (Å²) < 4.78 is 39.2. The van der Waals surface area contributed by atoms with Gasteiger partial charge in [-0.3, -0.25) is 4.98 Å². The smallest absolute Gasteiger partial charge is 0.144 e. The van der Waals surface area contributed by atoms with E-state index in [1.54, 1.807) is 17.4 Å². The molecule has 0 spiro atoms. The summed E-state index contributed by atoms with van der Waals surface area (Å²) >= 11 is 1.66. The molecule has 0 aliphatic rings. The first-order chi connectivity index (χ1) is 14.2. The fraction of sp³-hybridized carbons (Fsp3) is 0.182. The van der Waals surface area contributed by atoms with Gasteiger partial charge in [0.15, 0.2) is 0 Å². The molecule has 3 nitrogen and oxygen atoms in total. The predicted octanol–water partition coefficient (Wildman–Crippen LogP) is 6.56. The maximum absolute atomic E-state index is 8.28. The largest absolute Gasteiger partial charge is 0.455 e. The van der Waals surface area contributed by atoms with Gasteiger partial charge in [-0.25, -0.2) is 4.98 Å². The Hall–Kier alpha value is -2.72. The van der Waals surface area contributed by atoms with Gasteiger partial charge in [-0.1, -0.05) is 38.9 Å². The average molecular weight is 362 g/mol. The van der Waals surface area contributed by atoms with Crippen LogP contribution in [0.3, 0.4) is 0 Å². The Kier molecular flexibility index (Phi) is 2.45. The highest BCUT2D eigenvalue weighted by Gasteiger charge is 2.22. The Bertz CT molecular complexity index is 1480. The number of hydrogen-bond acceptors (Lipinski definition) is 4. The quantitative estimate of drug-likeness (QED) is 0.339. The molecule has 5 aromatic rings. The van der Waals surface area contributed by atoms with Crippen LogP contribution in [-0.2, 0) is 5.41 Å². The first kappa shape index (κ1) is 11.8. The number of furan rings is 1. The van der Waals surface area contributed by atoms with E-state index in [9.17, 15) is 0 Å². The van der Waals surface area contributed by atoms with Crippen molar-refractivity contribution in [3.63, 3.8) is 0 Å². The molecule has 0 aliphatic heterocycles. The summed E-state index contributed by atoms with van der Waals surface area (Å²) in [5.74, 6) is 0. The van der Waals surface area contributed by atoms with Crippen molar-refractivity contribution < 1.29 is 9.90 Å². The lowest BCUT2D eigenvalue weighted by Crippen LogP contribution is -2.09. The molecule has 128 valence electrons. The fourth-order valence-corrected chi connectivity index (χ4v) is 4.31. The molecule has 4 heteroatoms. The van der Waals surface area contributed by atoms with E-state index in [0.29, 0.717) is 11.1 Å².